The van der Waals surface area contributed by atoms with Crippen LogP contribution in [0, 0.1) is 13.8 Å². The number of rotatable bonds is 2. The Morgan fingerprint density at radius 1 is 1.14 bits per heavy atom. The minimum atomic E-state index is -0.242. The molecule has 3 rings (SSSR count). The summed E-state index contributed by atoms with van der Waals surface area (Å²) in [5, 5.41) is 3.84. The average Bonchev–Trinajstić information content (AvgIpc) is 2.80. The molecule has 0 atom stereocenters. The molecular weight excluding hydrogens is 330 g/mol. The Labute approximate surface area is 131 Å². The standard InChI is InChI=1S/C17H14BrNO2/c1-10-7-8-14(13(18)9-10)19-17(20)16-11(2)12-5-3-4-6-15(12)21-16/h3-9H,1-2H3,(H,19,20). The van der Waals surface area contributed by atoms with Crippen LogP contribution in [0.2, 0.25) is 0 Å². The number of halogens is 1. The highest BCUT2D eigenvalue weighted by Crippen LogP contribution is 2.27. The normalized spacial score (nSPS) is 10.8. The summed E-state index contributed by atoms with van der Waals surface area (Å²) in [6.45, 7) is 3.89. The fourth-order valence-corrected chi connectivity index (χ4v) is 2.88. The third-order valence-electron chi connectivity index (χ3n) is 3.42. The van der Waals surface area contributed by atoms with Crippen LogP contribution in [0.5, 0.6) is 0 Å². The molecule has 1 N–H and O–H groups in total. The first-order chi connectivity index (χ1) is 10.1. The summed E-state index contributed by atoms with van der Waals surface area (Å²) in [5.74, 6) is 0.108. The van der Waals surface area contributed by atoms with Crippen molar-refractivity contribution in [2.75, 3.05) is 5.32 Å². The second-order valence-corrected chi connectivity index (χ2v) is 5.84. The zero-order valence-electron chi connectivity index (χ0n) is 11.7. The van der Waals surface area contributed by atoms with E-state index >= 15 is 0 Å². The highest BCUT2D eigenvalue weighted by Gasteiger charge is 2.18. The molecule has 3 nitrogen and oxygen atoms in total. The maximum Gasteiger partial charge on any atom is 0.291 e. The van der Waals surface area contributed by atoms with Crippen LogP contribution in [0.15, 0.2) is 51.4 Å². The number of aryl methyl sites for hydroxylation is 2. The first-order valence-electron chi connectivity index (χ1n) is 6.62. The average molecular weight is 344 g/mol. The number of furan rings is 1. The molecule has 0 spiro atoms. The van der Waals surface area contributed by atoms with Crippen molar-refractivity contribution in [3.05, 3.63) is 63.8 Å². The largest absolute Gasteiger partial charge is 0.451 e. The lowest BCUT2D eigenvalue weighted by Crippen LogP contribution is -2.12. The Balaban J connectivity index is 1.95. The van der Waals surface area contributed by atoms with Gasteiger partial charge in [0.25, 0.3) is 5.91 Å². The molecule has 0 aliphatic carbocycles. The van der Waals surface area contributed by atoms with Crippen molar-refractivity contribution in [1.82, 2.24) is 0 Å². The van der Waals surface area contributed by atoms with E-state index in [9.17, 15) is 4.79 Å². The first kappa shape index (κ1) is 13.9. The molecule has 1 aromatic heterocycles. The molecule has 0 radical (unpaired) electrons. The van der Waals surface area contributed by atoms with Gasteiger partial charge in [-0.15, -0.1) is 0 Å². The molecule has 4 heteroatoms. The number of nitrogens with one attached hydrogen (secondary N) is 1. The fourth-order valence-electron chi connectivity index (χ4n) is 2.29. The SMILES string of the molecule is Cc1ccc(NC(=O)c2oc3ccccc3c2C)c(Br)c1. The van der Waals surface area contributed by atoms with Crippen LogP contribution in [-0.2, 0) is 0 Å². The molecule has 0 aliphatic heterocycles. The van der Waals surface area contributed by atoms with Crippen LogP contribution in [0.3, 0.4) is 0 Å². The van der Waals surface area contributed by atoms with Crippen molar-refractivity contribution in [2.45, 2.75) is 13.8 Å². The topological polar surface area (TPSA) is 42.2 Å². The Kier molecular flexibility index (Phi) is 3.55. The minimum Gasteiger partial charge on any atom is -0.451 e. The Hall–Kier alpha value is -2.07. The van der Waals surface area contributed by atoms with Crippen molar-refractivity contribution in [1.29, 1.82) is 0 Å². The van der Waals surface area contributed by atoms with Gasteiger partial charge in [-0.05, 0) is 53.5 Å². The van der Waals surface area contributed by atoms with Gasteiger partial charge < -0.3 is 9.73 Å². The molecule has 3 aromatic rings. The lowest BCUT2D eigenvalue weighted by Gasteiger charge is -2.07. The molecule has 0 fully saturated rings. The first-order valence-corrected chi connectivity index (χ1v) is 7.41. The smallest absolute Gasteiger partial charge is 0.291 e. The van der Waals surface area contributed by atoms with Crippen LogP contribution in [-0.4, -0.2) is 5.91 Å². The molecular formula is C17H14BrNO2. The van der Waals surface area contributed by atoms with Gasteiger partial charge in [-0.2, -0.15) is 0 Å². The molecule has 0 bridgehead atoms. The summed E-state index contributed by atoms with van der Waals surface area (Å²) in [6.07, 6.45) is 0. The van der Waals surface area contributed by atoms with E-state index in [1.807, 2.05) is 56.3 Å². The van der Waals surface area contributed by atoms with Gasteiger partial charge in [-0.1, -0.05) is 24.3 Å². The highest BCUT2D eigenvalue weighted by molar-refractivity contribution is 9.10. The number of carbonyl (C=O) groups excluding carboxylic acids is 1. The molecule has 106 valence electrons. The van der Waals surface area contributed by atoms with Gasteiger partial charge in [0.15, 0.2) is 5.76 Å². The summed E-state index contributed by atoms with van der Waals surface area (Å²) in [5.41, 5.74) is 3.43. The monoisotopic (exact) mass is 343 g/mol. The van der Waals surface area contributed by atoms with Crippen molar-refractivity contribution in [3.8, 4) is 0 Å². The molecule has 0 aliphatic rings. The molecule has 0 unspecified atom stereocenters. The predicted octanol–water partition coefficient (Wildman–Crippen LogP) is 5.06. The Morgan fingerprint density at radius 3 is 2.62 bits per heavy atom. The number of hydrogen-bond acceptors (Lipinski definition) is 2. The summed E-state index contributed by atoms with van der Waals surface area (Å²) in [7, 11) is 0. The number of benzene rings is 2. The Morgan fingerprint density at radius 2 is 1.90 bits per heavy atom. The van der Waals surface area contributed by atoms with Gasteiger partial charge in [0.05, 0.1) is 5.69 Å². The quantitative estimate of drug-likeness (QED) is 0.706. The van der Waals surface area contributed by atoms with Crippen LogP contribution in [0.4, 0.5) is 5.69 Å². The fraction of sp³-hybridized carbons (Fsp3) is 0.118. The van der Waals surface area contributed by atoms with Gasteiger partial charge >= 0.3 is 0 Å². The number of hydrogen-bond donors (Lipinski definition) is 1. The Bertz CT molecular complexity index is 836. The van der Waals surface area contributed by atoms with Crippen LogP contribution < -0.4 is 5.32 Å². The zero-order chi connectivity index (χ0) is 15.0. The number of fused-ring (bicyclic) bond motifs is 1. The number of amides is 1. The van der Waals surface area contributed by atoms with Gasteiger partial charge in [-0.25, -0.2) is 0 Å². The maximum atomic E-state index is 12.4. The van der Waals surface area contributed by atoms with E-state index in [-0.39, 0.29) is 5.91 Å². The molecule has 1 amide bonds. The number of para-hydroxylation sites is 1. The van der Waals surface area contributed by atoms with E-state index in [1.54, 1.807) is 0 Å². The maximum absolute atomic E-state index is 12.4. The number of carbonyl (C=O) groups is 1. The van der Waals surface area contributed by atoms with E-state index in [0.29, 0.717) is 5.76 Å². The van der Waals surface area contributed by atoms with Crippen LogP contribution in [0.1, 0.15) is 21.7 Å². The predicted molar refractivity (Wildman–Crippen MR) is 87.8 cm³/mol. The number of anilines is 1. The van der Waals surface area contributed by atoms with E-state index < -0.39 is 0 Å². The molecule has 0 saturated heterocycles. The lowest BCUT2D eigenvalue weighted by molar-refractivity contribution is 0.0998. The van der Waals surface area contributed by atoms with E-state index in [1.165, 1.54) is 0 Å². The summed E-state index contributed by atoms with van der Waals surface area (Å²) in [6, 6.07) is 13.4. The third kappa shape index (κ3) is 2.59. The van der Waals surface area contributed by atoms with Gasteiger partial charge in [0.1, 0.15) is 5.58 Å². The lowest BCUT2D eigenvalue weighted by atomic mass is 10.1. The molecule has 21 heavy (non-hydrogen) atoms. The summed E-state index contributed by atoms with van der Waals surface area (Å²) >= 11 is 3.46. The second kappa shape index (κ2) is 5.37. The van der Waals surface area contributed by atoms with Crippen molar-refractivity contribution in [2.24, 2.45) is 0 Å². The van der Waals surface area contributed by atoms with Crippen molar-refractivity contribution in [3.63, 3.8) is 0 Å². The second-order valence-electron chi connectivity index (χ2n) is 4.99. The van der Waals surface area contributed by atoms with Crippen molar-refractivity contribution >= 4 is 38.5 Å². The highest BCUT2D eigenvalue weighted by atomic mass is 79.9. The van der Waals surface area contributed by atoms with E-state index in [2.05, 4.69) is 21.2 Å². The van der Waals surface area contributed by atoms with Gasteiger partial charge in [-0.3, -0.25) is 4.79 Å². The molecule has 0 saturated carbocycles. The van der Waals surface area contributed by atoms with Crippen LogP contribution >= 0.6 is 15.9 Å². The van der Waals surface area contributed by atoms with Gasteiger partial charge in [0.2, 0.25) is 0 Å². The van der Waals surface area contributed by atoms with Crippen molar-refractivity contribution < 1.29 is 9.21 Å². The van der Waals surface area contributed by atoms with E-state index in [0.717, 1.165) is 32.3 Å². The zero-order valence-corrected chi connectivity index (χ0v) is 13.3. The minimum absolute atomic E-state index is 0.242. The molecule has 2 aromatic carbocycles. The summed E-state index contributed by atoms with van der Waals surface area (Å²) < 4.78 is 6.52. The van der Waals surface area contributed by atoms with Gasteiger partial charge in [0, 0.05) is 15.4 Å². The van der Waals surface area contributed by atoms with Crippen LogP contribution in [0.25, 0.3) is 11.0 Å². The summed E-state index contributed by atoms with van der Waals surface area (Å²) in [4.78, 5) is 12.4. The third-order valence-corrected chi connectivity index (χ3v) is 4.08. The van der Waals surface area contributed by atoms with E-state index in [4.69, 9.17) is 4.42 Å². The molecule has 1 heterocycles.